The molecule has 120 valence electrons. The molecule has 1 amide bonds. The molecule has 0 saturated carbocycles. The Kier molecular flexibility index (Phi) is 5.57. The molecule has 0 fully saturated rings. The van der Waals surface area contributed by atoms with Crippen molar-refractivity contribution in [3.05, 3.63) is 54.1 Å². The number of benzene rings is 2. The quantitative estimate of drug-likeness (QED) is 0.633. The van der Waals surface area contributed by atoms with Crippen LogP contribution in [0.25, 0.3) is 0 Å². The SMILES string of the molecule is COc1ccc(OC(C)C(=O)NN=Cc2ccccc2O)cc1. The predicted molar refractivity (Wildman–Crippen MR) is 86.9 cm³/mol. The van der Waals surface area contributed by atoms with Crippen LogP contribution in [0.5, 0.6) is 17.2 Å². The van der Waals surface area contributed by atoms with Crippen LogP contribution in [0, 0.1) is 0 Å². The van der Waals surface area contributed by atoms with Gasteiger partial charge in [-0.25, -0.2) is 5.43 Å². The normalized spacial score (nSPS) is 11.9. The van der Waals surface area contributed by atoms with Crippen molar-refractivity contribution in [2.75, 3.05) is 7.11 Å². The molecule has 0 radical (unpaired) electrons. The van der Waals surface area contributed by atoms with Gasteiger partial charge in [-0.15, -0.1) is 0 Å². The van der Waals surface area contributed by atoms with E-state index in [0.717, 1.165) is 0 Å². The third kappa shape index (κ3) is 4.74. The summed E-state index contributed by atoms with van der Waals surface area (Å²) in [5.41, 5.74) is 2.88. The summed E-state index contributed by atoms with van der Waals surface area (Å²) < 4.78 is 10.6. The van der Waals surface area contributed by atoms with Crippen LogP contribution in [0.4, 0.5) is 0 Å². The first-order valence-corrected chi connectivity index (χ1v) is 7.02. The number of carbonyl (C=O) groups is 1. The van der Waals surface area contributed by atoms with Crippen molar-refractivity contribution in [1.82, 2.24) is 5.43 Å². The summed E-state index contributed by atoms with van der Waals surface area (Å²) in [6, 6.07) is 13.6. The van der Waals surface area contributed by atoms with Gasteiger partial charge in [0.05, 0.1) is 13.3 Å². The topological polar surface area (TPSA) is 80.2 Å². The van der Waals surface area contributed by atoms with E-state index in [9.17, 15) is 9.90 Å². The molecular formula is C17H18N2O4. The third-order valence-corrected chi connectivity index (χ3v) is 3.06. The summed E-state index contributed by atoms with van der Waals surface area (Å²) in [5, 5.41) is 13.4. The fraction of sp³-hybridized carbons (Fsp3) is 0.176. The van der Waals surface area contributed by atoms with E-state index in [1.807, 2.05) is 0 Å². The summed E-state index contributed by atoms with van der Waals surface area (Å²) in [6.07, 6.45) is 0.651. The molecule has 2 aromatic rings. The number of hydrogen-bond donors (Lipinski definition) is 2. The molecule has 0 spiro atoms. The Balaban J connectivity index is 1.88. The Bertz CT molecular complexity index is 683. The van der Waals surface area contributed by atoms with E-state index in [4.69, 9.17) is 9.47 Å². The van der Waals surface area contributed by atoms with Crippen LogP contribution in [0.15, 0.2) is 53.6 Å². The Morgan fingerprint density at radius 2 is 1.83 bits per heavy atom. The maximum atomic E-state index is 11.9. The lowest BCUT2D eigenvalue weighted by Gasteiger charge is -2.13. The number of hydrazone groups is 1. The summed E-state index contributed by atoms with van der Waals surface area (Å²) in [5.74, 6) is 0.959. The first-order chi connectivity index (χ1) is 11.1. The van der Waals surface area contributed by atoms with Crippen LogP contribution >= 0.6 is 0 Å². The van der Waals surface area contributed by atoms with Crippen LogP contribution in [-0.4, -0.2) is 30.4 Å². The molecule has 0 aliphatic heterocycles. The van der Waals surface area contributed by atoms with Crippen molar-refractivity contribution >= 4 is 12.1 Å². The first-order valence-electron chi connectivity index (χ1n) is 7.02. The van der Waals surface area contributed by atoms with Crippen molar-refractivity contribution in [3.63, 3.8) is 0 Å². The second kappa shape index (κ2) is 7.84. The van der Waals surface area contributed by atoms with Gasteiger partial charge in [0.1, 0.15) is 17.2 Å². The van der Waals surface area contributed by atoms with E-state index >= 15 is 0 Å². The van der Waals surface area contributed by atoms with Crippen molar-refractivity contribution in [2.45, 2.75) is 13.0 Å². The molecule has 0 aliphatic carbocycles. The average molecular weight is 314 g/mol. The van der Waals surface area contributed by atoms with E-state index in [1.165, 1.54) is 6.21 Å². The van der Waals surface area contributed by atoms with Crippen LogP contribution in [-0.2, 0) is 4.79 Å². The molecule has 0 heterocycles. The molecule has 2 aromatic carbocycles. The van der Waals surface area contributed by atoms with Gasteiger partial charge in [-0.2, -0.15) is 5.10 Å². The number of phenols is 1. The van der Waals surface area contributed by atoms with Crippen molar-refractivity contribution in [2.24, 2.45) is 5.10 Å². The lowest BCUT2D eigenvalue weighted by molar-refractivity contribution is -0.127. The van der Waals surface area contributed by atoms with Crippen molar-refractivity contribution < 1.29 is 19.4 Å². The molecule has 6 nitrogen and oxygen atoms in total. The fourth-order valence-corrected chi connectivity index (χ4v) is 1.76. The Morgan fingerprint density at radius 1 is 1.17 bits per heavy atom. The summed E-state index contributed by atoms with van der Waals surface area (Å²) in [6.45, 7) is 1.62. The highest BCUT2D eigenvalue weighted by Gasteiger charge is 2.13. The number of para-hydroxylation sites is 1. The molecule has 23 heavy (non-hydrogen) atoms. The fourth-order valence-electron chi connectivity index (χ4n) is 1.76. The number of phenolic OH excluding ortho intramolecular Hbond substituents is 1. The molecule has 0 saturated heterocycles. The molecule has 0 aliphatic rings. The van der Waals surface area contributed by atoms with Crippen LogP contribution < -0.4 is 14.9 Å². The van der Waals surface area contributed by atoms with Crippen molar-refractivity contribution in [1.29, 1.82) is 0 Å². The highest BCUT2D eigenvalue weighted by molar-refractivity contribution is 5.86. The number of aromatic hydroxyl groups is 1. The molecule has 2 rings (SSSR count). The van der Waals surface area contributed by atoms with Crippen LogP contribution in [0.3, 0.4) is 0 Å². The zero-order valence-electron chi connectivity index (χ0n) is 12.9. The first kappa shape index (κ1) is 16.4. The lowest BCUT2D eigenvalue weighted by Crippen LogP contribution is -2.33. The number of nitrogens with one attached hydrogen (secondary N) is 1. The monoisotopic (exact) mass is 314 g/mol. The molecule has 0 aromatic heterocycles. The molecule has 6 heteroatoms. The van der Waals surface area contributed by atoms with Crippen LogP contribution in [0.2, 0.25) is 0 Å². The van der Waals surface area contributed by atoms with E-state index in [1.54, 1.807) is 62.6 Å². The largest absolute Gasteiger partial charge is 0.507 e. The maximum Gasteiger partial charge on any atom is 0.280 e. The minimum absolute atomic E-state index is 0.0908. The highest BCUT2D eigenvalue weighted by Crippen LogP contribution is 2.18. The molecule has 0 bridgehead atoms. The van der Waals surface area contributed by atoms with Gasteiger partial charge >= 0.3 is 0 Å². The van der Waals surface area contributed by atoms with Gasteiger partial charge in [0.2, 0.25) is 0 Å². The number of ether oxygens (including phenoxy) is 2. The van der Waals surface area contributed by atoms with E-state index in [2.05, 4.69) is 10.5 Å². The zero-order chi connectivity index (χ0) is 16.7. The van der Waals surface area contributed by atoms with Gasteiger partial charge in [-0.05, 0) is 43.3 Å². The lowest BCUT2D eigenvalue weighted by atomic mass is 10.2. The number of carbonyl (C=O) groups excluding carboxylic acids is 1. The number of hydrogen-bond acceptors (Lipinski definition) is 5. The second-order valence-electron chi connectivity index (χ2n) is 4.73. The van der Waals surface area contributed by atoms with Gasteiger partial charge in [-0.3, -0.25) is 4.79 Å². The minimum atomic E-state index is -0.718. The number of nitrogens with zero attached hydrogens (tertiary/aromatic N) is 1. The highest BCUT2D eigenvalue weighted by atomic mass is 16.5. The summed E-state index contributed by atoms with van der Waals surface area (Å²) in [4.78, 5) is 11.9. The van der Waals surface area contributed by atoms with Crippen LogP contribution in [0.1, 0.15) is 12.5 Å². The standard InChI is InChI=1S/C17H18N2O4/c1-12(23-15-9-7-14(22-2)8-10-15)17(21)19-18-11-13-5-3-4-6-16(13)20/h3-12,20H,1-2H3,(H,19,21). The van der Waals surface area contributed by atoms with E-state index in [0.29, 0.717) is 17.1 Å². The van der Waals surface area contributed by atoms with Gasteiger partial charge < -0.3 is 14.6 Å². The minimum Gasteiger partial charge on any atom is -0.507 e. The Labute approximate surface area is 134 Å². The second-order valence-corrected chi connectivity index (χ2v) is 4.73. The average Bonchev–Trinajstić information content (AvgIpc) is 2.57. The number of rotatable bonds is 6. The third-order valence-electron chi connectivity index (χ3n) is 3.06. The molecule has 1 unspecified atom stereocenters. The number of methoxy groups -OCH3 is 1. The predicted octanol–water partition coefficient (Wildman–Crippen LogP) is 2.32. The number of amides is 1. The Hall–Kier alpha value is -3.02. The molecule has 2 N–H and O–H groups in total. The summed E-state index contributed by atoms with van der Waals surface area (Å²) in [7, 11) is 1.58. The van der Waals surface area contributed by atoms with Gasteiger partial charge in [0.25, 0.3) is 5.91 Å². The zero-order valence-corrected chi connectivity index (χ0v) is 12.9. The summed E-state index contributed by atoms with van der Waals surface area (Å²) >= 11 is 0. The maximum absolute atomic E-state index is 11.9. The van der Waals surface area contributed by atoms with E-state index < -0.39 is 12.0 Å². The molecule has 1 atom stereocenters. The Morgan fingerprint density at radius 3 is 2.48 bits per heavy atom. The van der Waals surface area contributed by atoms with Gasteiger partial charge in [0.15, 0.2) is 6.10 Å². The van der Waals surface area contributed by atoms with Gasteiger partial charge in [0, 0.05) is 5.56 Å². The van der Waals surface area contributed by atoms with Gasteiger partial charge in [-0.1, -0.05) is 12.1 Å². The van der Waals surface area contributed by atoms with E-state index in [-0.39, 0.29) is 5.75 Å². The smallest absolute Gasteiger partial charge is 0.280 e. The molecular weight excluding hydrogens is 296 g/mol. The van der Waals surface area contributed by atoms with Crippen molar-refractivity contribution in [3.8, 4) is 17.2 Å².